The van der Waals surface area contributed by atoms with E-state index in [-0.39, 0.29) is 6.61 Å². The van der Waals surface area contributed by atoms with Gasteiger partial charge in [-0.1, -0.05) is 0 Å². The highest BCUT2D eigenvalue weighted by Gasteiger charge is 2.12. The molecular weight excluding hydrogens is 220 g/mol. The third kappa shape index (κ3) is 4.51. The van der Waals surface area contributed by atoms with Gasteiger partial charge in [-0.2, -0.15) is 11.8 Å². The van der Waals surface area contributed by atoms with E-state index in [2.05, 4.69) is 23.5 Å². The lowest BCUT2D eigenvalue weighted by molar-refractivity contribution is 0.265. The number of thioether (sulfide) groups is 1. The van der Waals surface area contributed by atoms with Crippen LogP contribution >= 0.6 is 11.8 Å². The van der Waals surface area contributed by atoms with Gasteiger partial charge >= 0.3 is 0 Å². The highest BCUT2D eigenvalue weighted by Crippen LogP contribution is 2.13. The van der Waals surface area contributed by atoms with Gasteiger partial charge in [0.2, 0.25) is 0 Å². The molecule has 90 valence electrons. The number of rotatable bonds is 7. The third-order valence-corrected chi connectivity index (χ3v) is 3.27. The van der Waals surface area contributed by atoms with Crippen molar-refractivity contribution in [2.24, 2.45) is 0 Å². The minimum absolute atomic E-state index is 0.237. The van der Waals surface area contributed by atoms with Gasteiger partial charge in [0.15, 0.2) is 0 Å². The third-order valence-electron chi connectivity index (χ3n) is 2.54. The SMILES string of the molecule is CSCC(CCO)NC(C)c1ccncc1. The van der Waals surface area contributed by atoms with Gasteiger partial charge < -0.3 is 10.4 Å². The lowest BCUT2D eigenvalue weighted by atomic mass is 10.1. The fourth-order valence-corrected chi connectivity index (χ4v) is 2.34. The van der Waals surface area contributed by atoms with Crippen LogP contribution in [0.4, 0.5) is 0 Å². The zero-order chi connectivity index (χ0) is 11.8. The van der Waals surface area contributed by atoms with Crippen LogP contribution in [-0.2, 0) is 0 Å². The van der Waals surface area contributed by atoms with Gasteiger partial charge in [-0.15, -0.1) is 0 Å². The molecule has 0 fully saturated rings. The Morgan fingerprint density at radius 2 is 2.12 bits per heavy atom. The number of aromatic nitrogens is 1. The van der Waals surface area contributed by atoms with Crippen molar-refractivity contribution in [3.8, 4) is 0 Å². The van der Waals surface area contributed by atoms with Crippen molar-refractivity contribution in [2.45, 2.75) is 25.4 Å². The van der Waals surface area contributed by atoms with Crippen molar-refractivity contribution in [3.63, 3.8) is 0 Å². The molecule has 3 nitrogen and oxygen atoms in total. The zero-order valence-corrected chi connectivity index (χ0v) is 10.7. The van der Waals surface area contributed by atoms with Gasteiger partial charge in [0.1, 0.15) is 0 Å². The smallest absolute Gasteiger partial charge is 0.0446 e. The van der Waals surface area contributed by atoms with Gasteiger partial charge in [-0.3, -0.25) is 4.98 Å². The summed E-state index contributed by atoms with van der Waals surface area (Å²) in [4.78, 5) is 4.01. The summed E-state index contributed by atoms with van der Waals surface area (Å²) in [7, 11) is 0. The maximum absolute atomic E-state index is 8.99. The van der Waals surface area contributed by atoms with Crippen molar-refractivity contribution >= 4 is 11.8 Å². The normalized spacial score (nSPS) is 14.7. The largest absolute Gasteiger partial charge is 0.396 e. The second-order valence-corrected chi connectivity index (χ2v) is 4.74. The molecular formula is C12H20N2OS. The molecule has 0 aliphatic heterocycles. The Bertz CT molecular complexity index is 276. The van der Waals surface area contributed by atoms with E-state index in [1.165, 1.54) is 5.56 Å². The molecule has 2 atom stereocenters. The summed E-state index contributed by atoms with van der Waals surface area (Å²) in [5.41, 5.74) is 1.24. The molecule has 1 heterocycles. The Morgan fingerprint density at radius 3 is 2.69 bits per heavy atom. The lowest BCUT2D eigenvalue weighted by Crippen LogP contribution is -2.34. The molecule has 0 radical (unpaired) electrons. The van der Waals surface area contributed by atoms with E-state index in [9.17, 15) is 0 Å². The average Bonchev–Trinajstić information content (AvgIpc) is 2.31. The first-order valence-corrected chi connectivity index (χ1v) is 6.93. The van der Waals surface area contributed by atoms with Gasteiger partial charge in [0.05, 0.1) is 0 Å². The van der Waals surface area contributed by atoms with Crippen molar-refractivity contribution in [2.75, 3.05) is 18.6 Å². The maximum atomic E-state index is 8.99. The summed E-state index contributed by atoms with van der Waals surface area (Å²) in [5.74, 6) is 1.02. The fraction of sp³-hybridized carbons (Fsp3) is 0.583. The summed E-state index contributed by atoms with van der Waals surface area (Å²) >= 11 is 1.80. The van der Waals surface area contributed by atoms with E-state index >= 15 is 0 Å². The topological polar surface area (TPSA) is 45.1 Å². The molecule has 1 aromatic heterocycles. The van der Waals surface area contributed by atoms with Crippen LogP contribution in [0.15, 0.2) is 24.5 Å². The molecule has 0 amide bonds. The van der Waals surface area contributed by atoms with Gasteiger partial charge in [-0.05, 0) is 37.3 Å². The standard InChI is InChI=1S/C12H20N2OS/c1-10(11-3-6-13-7-4-11)14-12(5-8-15)9-16-2/h3-4,6-7,10,12,14-15H,5,8-9H2,1-2H3. The molecule has 0 saturated carbocycles. The predicted molar refractivity (Wildman–Crippen MR) is 69.7 cm³/mol. The van der Waals surface area contributed by atoms with Crippen LogP contribution in [-0.4, -0.2) is 34.7 Å². The van der Waals surface area contributed by atoms with Crippen molar-refractivity contribution < 1.29 is 5.11 Å². The van der Waals surface area contributed by atoms with Crippen LogP contribution in [0, 0.1) is 0 Å². The summed E-state index contributed by atoms with van der Waals surface area (Å²) in [6.45, 7) is 2.38. The first-order valence-electron chi connectivity index (χ1n) is 5.53. The number of aliphatic hydroxyl groups excluding tert-OH is 1. The molecule has 16 heavy (non-hydrogen) atoms. The van der Waals surface area contributed by atoms with Crippen LogP contribution in [0.2, 0.25) is 0 Å². The van der Waals surface area contributed by atoms with Crippen LogP contribution in [0.1, 0.15) is 24.9 Å². The lowest BCUT2D eigenvalue weighted by Gasteiger charge is -2.22. The molecule has 2 N–H and O–H groups in total. The second kappa shape index (κ2) is 7.65. The first kappa shape index (κ1) is 13.5. The highest BCUT2D eigenvalue weighted by atomic mass is 32.2. The molecule has 0 aliphatic rings. The predicted octanol–water partition coefficient (Wildman–Crippen LogP) is 1.85. The molecule has 4 heteroatoms. The summed E-state index contributed by atoms with van der Waals surface area (Å²) in [6, 6.07) is 4.70. The van der Waals surface area contributed by atoms with Crippen LogP contribution in [0.25, 0.3) is 0 Å². The Hall–Kier alpha value is -0.580. The van der Waals surface area contributed by atoms with E-state index < -0.39 is 0 Å². The zero-order valence-electron chi connectivity index (χ0n) is 9.89. The maximum Gasteiger partial charge on any atom is 0.0446 e. The number of nitrogens with zero attached hydrogens (tertiary/aromatic N) is 1. The Labute approximate surface area is 102 Å². The van der Waals surface area contributed by atoms with Crippen LogP contribution in [0.5, 0.6) is 0 Å². The number of pyridine rings is 1. The average molecular weight is 240 g/mol. The number of aliphatic hydroxyl groups is 1. The van der Waals surface area contributed by atoms with E-state index in [1.54, 1.807) is 11.8 Å². The molecule has 0 aliphatic carbocycles. The molecule has 2 unspecified atom stereocenters. The molecule has 1 rings (SSSR count). The van der Waals surface area contributed by atoms with Crippen molar-refractivity contribution in [3.05, 3.63) is 30.1 Å². The summed E-state index contributed by atoms with van der Waals surface area (Å²) < 4.78 is 0. The summed E-state index contributed by atoms with van der Waals surface area (Å²) in [5, 5.41) is 12.5. The Kier molecular flexibility index (Phi) is 6.45. The summed E-state index contributed by atoms with van der Waals surface area (Å²) in [6.07, 6.45) is 6.51. The fourth-order valence-electron chi connectivity index (χ4n) is 1.67. The van der Waals surface area contributed by atoms with Gasteiger partial charge in [-0.25, -0.2) is 0 Å². The molecule has 0 aromatic carbocycles. The molecule has 1 aromatic rings. The minimum Gasteiger partial charge on any atom is -0.396 e. The van der Waals surface area contributed by atoms with Gasteiger partial charge in [0, 0.05) is 36.8 Å². The number of nitrogens with one attached hydrogen (secondary N) is 1. The van der Waals surface area contributed by atoms with E-state index in [1.807, 2.05) is 24.5 Å². The van der Waals surface area contributed by atoms with Gasteiger partial charge in [0.25, 0.3) is 0 Å². The van der Waals surface area contributed by atoms with Crippen LogP contribution < -0.4 is 5.32 Å². The molecule has 0 spiro atoms. The number of hydrogen-bond acceptors (Lipinski definition) is 4. The van der Waals surface area contributed by atoms with E-state index in [4.69, 9.17) is 5.11 Å². The molecule has 0 saturated heterocycles. The first-order chi connectivity index (χ1) is 7.77. The highest BCUT2D eigenvalue weighted by molar-refractivity contribution is 7.98. The second-order valence-electron chi connectivity index (χ2n) is 3.83. The van der Waals surface area contributed by atoms with E-state index in [0.717, 1.165) is 12.2 Å². The minimum atomic E-state index is 0.237. The number of hydrogen-bond donors (Lipinski definition) is 2. The van der Waals surface area contributed by atoms with Crippen molar-refractivity contribution in [1.29, 1.82) is 0 Å². The van der Waals surface area contributed by atoms with E-state index in [0.29, 0.717) is 12.1 Å². The quantitative estimate of drug-likeness (QED) is 0.763. The Morgan fingerprint density at radius 1 is 1.44 bits per heavy atom. The van der Waals surface area contributed by atoms with Crippen LogP contribution in [0.3, 0.4) is 0 Å². The van der Waals surface area contributed by atoms with Crippen molar-refractivity contribution in [1.82, 2.24) is 10.3 Å². The molecule has 0 bridgehead atoms. The Balaban J connectivity index is 2.50. The monoisotopic (exact) mass is 240 g/mol.